The fourth-order valence-electron chi connectivity index (χ4n) is 1.49. The highest BCUT2D eigenvalue weighted by Crippen LogP contribution is 2.32. The summed E-state index contributed by atoms with van der Waals surface area (Å²) >= 11 is 0. The number of hydrogen-bond donors (Lipinski definition) is 1. The maximum absolute atomic E-state index is 5.40. The van der Waals surface area contributed by atoms with E-state index < -0.39 is 0 Å². The lowest BCUT2D eigenvalue weighted by Gasteiger charge is -2.12. The molecule has 0 aromatic carbocycles. The van der Waals surface area contributed by atoms with Gasteiger partial charge in [0.15, 0.2) is 0 Å². The molecule has 14 heavy (non-hydrogen) atoms. The Kier molecular flexibility index (Phi) is 6.15. The third-order valence-electron chi connectivity index (χ3n) is 2.62. The van der Waals surface area contributed by atoms with Crippen molar-refractivity contribution in [2.45, 2.75) is 32.7 Å². The van der Waals surface area contributed by atoms with E-state index in [4.69, 9.17) is 9.47 Å². The topological polar surface area (TPSA) is 30.5 Å². The lowest BCUT2D eigenvalue weighted by Crippen LogP contribution is -2.31. The fraction of sp³-hybridized carbons (Fsp3) is 1.00. The highest BCUT2D eigenvalue weighted by atomic mass is 16.5. The second-order valence-electron chi connectivity index (χ2n) is 3.89. The largest absolute Gasteiger partial charge is 0.379 e. The van der Waals surface area contributed by atoms with E-state index in [2.05, 4.69) is 12.2 Å². The Bertz CT molecular complexity index is 137. The van der Waals surface area contributed by atoms with Gasteiger partial charge in [0.2, 0.25) is 0 Å². The maximum atomic E-state index is 5.40. The molecular weight excluding hydrogens is 178 g/mol. The summed E-state index contributed by atoms with van der Waals surface area (Å²) in [6.07, 6.45) is 2.80. The van der Waals surface area contributed by atoms with Crippen molar-refractivity contribution in [1.29, 1.82) is 0 Å². The van der Waals surface area contributed by atoms with Gasteiger partial charge in [-0.1, -0.05) is 0 Å². The SMILES string of the molecule is CCOCCOCCNC(C)C1CC1. The van der Waals surface area contributed by atoms with Crippen LogP contribution >= 0.6 is 0 Å². The van der Waals surface area contributed by atoms with E-state index >= 15 is 0 Å². The zero-order valence-electron chi connectivity index (χ0n) is 9.42. The van der Waals surface area contributed by atoms with Gasteiger partial charge < -0.3 is 14.8 Å². The molecule has 3 nitrogen and oxygen atoms in total. The molecule has 0 aliphatic heterocycles. The van der Waals surface area contributed by atoms with Gasteiger partial charge in [0, 0.05) is 19.2 Å². The van der Waals surface area contributed by atoms with Crippen LogP contribution in [0.2, 0.25) is 0 Å². The zero-order valence-corrected chi connectivity index (χ0v) is 9.42. The van der Waals surface area contributed by atoms with Gasteiger partial charge in [0.05, 0.1) is 19.8 Å². The summed E-state index contributed by atoms with van der Waals surface area (Å²) in [5.41, 5.74) is 0. The average Bonchev–Trinajstić information content (AvgIpc) is 2.99. The van der Waals surface area contributed by atoms with Gasteiger partial charge in [-0.05, 0) is 32.6 Å². The predicted octanol–water partition coefficient (Wildman–Crippen LogP) is 1.43. The molecule has 1 N–H and O–H groups in total. The van der Waals surface area contributed by atoms with Crippen LogP contribution in [-0.4, -0.2) is 39.0 Å². The van der Waals surface area contributed by atoms with Crippen molar-refractivity contribution in [3.63, 3.8) is 0 Å². The first-order valence-electron chi connectivity index (χ1n) is 5.73. The molecule has 1 unspecified atom stereocenters. The molecule has 0 saturated heterocycles. The quantitative estimate of drug-likeness (QED) is 0.572. The molecule has 3 heteroatoms. The first-order valence-corrected chi connectivity index (χ1v) is 5.73. The molecule has 1 saturated carbocycles. The molecule has 0 amide bonds. The third kappa shape index (κ3) is 5.58. The summed E-state index contributed by atoms with van der Waals surface area (Å²) in [5.74, 6) is 0.929. The Morgan fingerprint density at radius 3 is 2.57 bits per heavy atom. The minimum Gasteiger partial charge on any atom is -0.379 e. The summed E-state index contributed by atoms with van der Waals surface area (Å²) in [6, 6.07) is 0.672. The summed E-state index contributed by atoms with van der Waals surface area (Å²) in [4.78, 5) is 0. The Balaban J connectivity index is 1.75. The zero-order chi connectivity index (χ0) is 10.2. The van der Waals surface area contributed by atoms with Crippen molar-refractivity contribution < 1.29 is 9.47 Å². The summed E-state index contributed by atoms with van der Waals surface area (Å²) in [7, 11) is 0. The van der Waals surface area contributed by atoms with Gasteiger partial charge >= 0.3 is 0 Å². The summed E-state index contributed by atoms with van der Waals surface area (Å²) in [6.45, 7) is 8.23. The Hall–Kier alpha value is -0.120. The van der Waals surface area contributed by atoms with Crippen LogP contribution in [0.15, 0.2) is 0 Å². The number of hydrogen-bond acceptors (Lipinski definition) is 3. The molecule has 1 atom stereocenters. The van der Waals surface area contributed by atoms with Crippen LogP contribution in [0.1, 0.15) is 26.7 Å². The van der Waals surface area contributed by atoms with Crippen LogP contribution in [0.25, 0.3) is 0 Å². The predicted molar refractivity (Wildman–Crippen MR) is 57.5 cm³/mol. The van der Waals surface area contributed by atoms with Crippen molar-refractivity contribution in [1.82, 2.24) is 5.32 Å². The van der Waals surface area contributed by atoms with Crippen molar-refractivity contribution in [3.8, 4) is 0 Å². The molecule has 1 aliphatic carbocycles. The standard InChI is InChI=1S/C11H23NO2/c1-3-13-8-9-14-7-6-12-10(2)11-4-5-11/h10-12H,3-9H2,1-2H3. The van der Waals surface area contributed by atoms with Crippen LogP contribution < -0.4 is 5.32 Å². The monoisotopic (exact) mass is 201 g/mol. The first-order chi connectivity index (χ1) is 6.84. The van der Waals surface area contributed by atoms with E-state index in [0.29, 0.717) is 19.3 Å². The van der Waals surface area contributed by atoms with E-state index in [1.165, 1.54) is 12.8 Å². The molecule has 0 heterocycles. The Labute approximate surface area is 87.2 Å². The van der Waals surface area contributed by atoms with Crippen molar-refractivity contribution in [3.05, 3.63) is 0 Å². The van der Waals surface area contributed by atoms with Crippen LogP contribution in [-0.2, 0) is 9.47 Å². The second kappa shape index (κ2) is 7.21. The van der Waals surface area contributed by atoms with E-state index in [1.54, 1.807) is 0 Å². The molecule has 1 aliphatic rings. The van der Waals surface area contributed by atoms with Crippen molar-refractivity contribution in [2.75, 3.05) is 33.0 Å². The molecule has 84 valence electrons. The van der Waals surface area contributed by atoms with Crippen LogP contribution in [0.3, 0.4) is 0 Å². The fourth-order valence-corrected chi connectivity index (χ4v) is 1.49. The van der Waals surface area contributed by atoms with Crippen molar-refractivity contribution >= 4 is 0 Å². The van der Waals surface area contributed by atoms with Crippen molar-refractivity contribution in [2.24, 2.45) is 5.92 Å². The second-order valence-corrected chi connectivity index (χ2v) is 3.89. The normalized spacial score (nSPS) is 18.4. The molecule has 0 aromatic heterocycles. The summed E-state index contributed by atoms with van der Waals surface area (Å²) in [5, 5.41) is 3.47. The maximum Gasteiger partial charge on any atom is 0.0701 e. The summed E-state index contributed by atoms with van der Waals surface area (Å²) < 4.78 is 10.6. The van der Waals surface area contributed by atoms with Gasteiger partial charge in [0.1, 0.15) is 0 Å². The average molecular weight is 201 g/mol. The Morgan fingerprint density at radius 1 is 1.21 bits per heavy atom. The van der Waals surface area contributed by atoms with Gasteiger partial charge in [-0.15, -0.1) is 0 Å². The number of rotatable bonds is 9. The highest BCUT2D eigenvalue weighted by molar-refractivity contribution is 4.82. The van der Waals surface area contributed by atoms with Gasteiger partial charge in [0.25, 0.3) is 0 Å². The molecule has 1 fully saturated rings. The number of ether oxygens (including phenoxy) is 2. The lowest BCUT2D eigenvalue weighted by atomic mass is 10.2. The Morgan fingerprint density at radius 2 is 1.93 bits per heavy atom. The van der Waals surface area contributed by atoms with E-state index in [1.807, 2.05) is 6.92 Å². The first kappa shape index (κ1) is 12.0. The number of nitrogens with one attached hydrogen (secondary N) is 1. The molecule has 0 bridgehead atoms. The highest BCUT2D eigenvalue weighted by Gasteiger charge is 2.26. The molecule has 0 aromatic rings. The molecular formula is C11H23NO2. The van der Waals surface area contributed by atoms with Crippen LogP contribution in [0.4, 0.5) is 0 Å². The molecule has 1 rings (SSSR count). The van der Waals surface area contributed by atoms with Gasteiger partial charge in [-0.3, -0.25) is 0 Å². The minimum absolute atomic E-state index is 0.672. The molecule has 0 spiro atoms. The van der Waals surface area contributed by atoms with Crippen LogP contribution in [0.5, 0.6) is 0 Å². The minimum atomic E-state index is 0.672. The van der Waals surface area contributed by atoms with Crippen LogP contribution in [0, 0.1) is 5.92 Å². The van der Waals surface area contributed by atoms with E-state index in [0.717, 1.165) is 25.7 Å². The van der Waals surface area contributed by atoms with Gasteiger partial charge in [-0.25, -0.2) is 0 Å². The molecule has 0 radical (unpaired) electrons. The van der Waals surface area contributed by atoms with E-state index in [-0.39, 0.29) is 0 Å². The van der Waals surface area contributed by atoms with Gasteiger partial charge in [-0.2, -0.15) is 0 Å². The van der Waals surface area contributed by atoms with E-state index in [9.17, 15) is 0 Å². The third-order valence-corrected chi connectivity index (χ3v) is 2.62. The smallest absolute Gasteiger partial charge is 0.0701 e. The lowest BCUT2D eigenvalue weighted by molar-refractivity contribution is 0.0533.